The third-order valence-corrected chi connectivity index (χ3v) is 2.62. The molecule has 0 saturated carbocycles. The summed E-state index contributed by atoms with van der Waals surface area (Å²) in [6.07, 6.45) is 1.25. The average molecular weight is 210 g/mol. The SMILES string of the molecule is O=C(O)Cc1csc2nccc(=O)n12. The summed E-state index contributed by atoms with van der Waals surface area (Å²) in [5, 5.41) is 10.2. The van der Waals surface area contributed by atoms with Crippen molar-refractivity contribution in [1.29, 1.82) is 0 Å². The first-order valence-corrected chi connectivity index (χ1v) is 4.72. The molecule has 0 atom stereocenters. The van der Waals surface area contributed by atoms with Gasteiger partial charge in [0.05, 0.1) is 6.42 Å². The van der Waals surface area contributed by atoms with Crippen LogP contribution in [-0.4, -0.2) is 20.5 Å². The summed E-state index contributed by atoms with van der Waals surface area (Å²) < 4.78 is 1.32. The van der Waals surface area contributed by atoms with E-state index in [1.807, 2.05) is 0 Å². The predicted molar refractivity (Wildman–Crippen MR) is 50.7 cm³/mol. The van der Waals surface area contributed by atoms with E-state index in [0.29, 0.717) is 10.7 Å². The second-order valence-corrected chi connectivity index (χ2v) is 3.54. The molecular weight excluding hydrogens is 204 g/mol. The fourth-order valence-electron chi connectivity index (χ4n) is 1.19. The molecule has 6 heteroatoms. The number of carboxylic acids is 1. The van der Waals surface area contributed by atoms with Crippen molar-refractivity contribution >= 4 is 22.3 Å². The Hall–Kier alpha value is -1.69. The van der Waals surface area contributed by atoms with Crippen molar-refractivity contribution in [2.75, 3.05) is 0 Å². The third kappa shape index (κ3) is 1.39. The van der Waals surface area contributed by atoms with Crippen LogP contribution >= 0.6 is 11.3 Å². The lowest BCUT2D eigenvalue weighted by Crippen LogP contribution is -2.15. The minimum Gasteiger partial charge on any atom is -0.481 e. The van der Waals surface area contributed by atoms with Gasteiger partial charge in [0.15, 0.2) is 4.96 Å². The van der Waals surface area contributed by atoms with Crippen LogP contribution in [0.1, 0.15) is 5.69 Å². The molecule has 5 nitrogen and oxygen atoms in total. The zero-order chi connectivity index (χ0) is 10.1. The number of rotatable bonds is 2. The van der Waals surface area contributed by atoms with Gasteiger partial charge in [-0.2, -0.15) is 0 Å². The second-order valence-electron chi connectivity index (χ2n) is 2.70. The number of thiazole rings is 1. The molecule has 2 aromatic heterocycles. The normalized spacial score (nSPS) is 10.6. The van der Waals surface area contributed by atoms with E-state index in [0.717, 1.165) is 0 Å². The van der Waals surface area contributed by atoms with Crippen LogP contribution in [0, 0.1) is 0 Å². The van der Waals surface area contributed by atoms with Crippen LogP contribution in [0.4, 0.5) is 0 Å². The van der Waals surface area contributed by atoms with Crippen LogP contribution in [0.25, 0.3) is 4.96 Å². The molecule has 1 N–H and O–H groups in total. The average Bonchev–Trinajstić information content (AvgIpc) is 2.49. The molecular formula is C8H6N2O3S. The van der Waals surface area contributed by atoms with Gasteiger partial charge in [-0.1, -0.05) is 0 Å². The number of hydrogen-bond donors (Lipinski definition) is 1. The molecule has 72 valence electrons. The Balaban J connectivity index is 2.67. The summed E-state index contributed by atoms with van der Waals surface area (Å²) in [7, 11) is 0. The van der Waals surface area contributed by atoms with Crippen molar-refractivity contribution < 1.29 is 9.90 Å². The first-order chi connectivity index (χ1) is 6.68. The van der Waals surface area contributed by atoms with Gasteiger partial charge in [0.1, 0.15) is 0 Å². The first kappa shape index (κ1) is 8.89. The van der Waals surface area contributed by atoms with Crippen LogP contribution in [0.3, 0.4) is 0 Å². The van der Waals surface area contributed by atoms with E-state index in [-0.39, 0.29) is 12.0 Å². The Morgan fingerprint density at radius 2 is 2.43 bits per heavy atom. The minimum absolute atomic E-state index is 0.161. The molecule has 0 amide bonds. The van der Waals surface area contributed by atoms with Crippen molar-refractivity contribution in [2.24, 2.45) is 0 Å². The van der Waals surface area contributed by atoms with Crippen molar-refractivity contribution in [3.8, 4) is 0 Å². The predicted octanol–water partition coefficient (Wildman–Crippen LogP) is 0.383. The zero-order valence-corrected chi connectivity index (χ0v) is 7.82. The smallest absolute Gasteiger partial charge is 0.309 e. The van der Waals surface area contributed by atoms with Gasteiger partial charge >= 0.3 is 5.97 Å². The van der Waals surface area contributed by atoms with Crippen LogP contribution in [-0.2, 0) is 11.2 Å². The molecule has 0 unspecified atom stereocenters. The molecule has 14 heavy (non-hydrogen) atoms. The summed E-state index contributed by atoms with van der Waals surface area (Å²) in [5.41, 5.74) is 0.225. The molecule has 2 heterocycles. The summed E-state index contributed by atoms with van der Waals surface area (Å²) in [6.45, 7) is 0. The number of aromatic nitrogens is 2. The van der Waals surface area contributed by atoms with E-state index >= 15 is 0 Å². The number of aliphatic carboxylic acids is 1. The Morgan fingerprint density at radius 1 is 1.64 bits per heavy atom. The fourth-order valence-corrected chi connectivity index (χ4v) is 2.05. The molecule has 0 aliphatic heterocycles. The van der Waals surface area contributed by atoms with Gasteiger partial charge in [-0.25, -0.2) is 4.98 Å². The molecule has 0 fully saturated rings. The van der Waals surface area contributed by atoms with Gasteiger partial charge in [0.2, 0.25) is 0 Å². The van der Waals surface area contributed by atoms with E-state index in [1.54, 1.807) is 5.38 Å². The van der Waals surface area contributed by atoms with Gasteiger partial charge in [0, 0.05) is 23.3 Å². The highest BCUT2D eigenvalue weighted by molar-refractivity contribution is 7.15. The summed E-state index contributed by atoms with van der Waals surface area (Å²) in [4.78, 5) is 26.3. The summed E-state index contributed by atoms with van der Waals surface area (Å²) in [6, 6.07) is 1.31. The van der Waals surface area contributed by atoms with Crippen LogP contribution in [0.5, 0.6) is 0 Å². The molecule has 0 aliphatic carbocycles. The maximum Gasteiger partial charge on any atom is 0.309 e. The van der Waals surface area contributed by atoms with Crippen LogP contribution in [0.2, 0.25) is 0 Å². The third-order valence-electron chi connectivity index (χ3n) is 1.73. The molecule has 2 rings (SSSR count). The lowest BCUT2D eigenvalue weighted by Gasteiger charge is -1.95. The zero-order valence-electron chi connectivity index (χ0n) is 7.01. The molecule has 0 spiro atoms. The number of fused-ring (bicyclic) bond motifs is 1. The second kappa shape index (κ2) is 3.22. The minimum atomic E-state index is -0.958. The molecule has 0 aromatic carbocycles. The number of hydrogen-bond acceptors (Lipinski definition) is 4. The Morgan fingerprint density at radius 3 is 3.14 bits per heavy atom. The lowest BCUT2D eigenvalue weighted by atomic mass is 10.3. The quantitative estimate of drug-likeness (QED) is 0.778. The van der Waals surface area contributed by atoms with Crippen molar-refractivity contribution in [3.05, 3.63) is 33.7 Å². The number of nitrogens with zero attached hydrogens (tertiary/aromatic N) is 2. The molecule has 0 aliphatic rings. The maximum absolute atomic E-state index is 11.4. The fraction of sp³-hybridized carbons (Fsp3) is 0.125. The first-order valence-electron chi connectivity index (χ1n) is 3.84. The topological polar surface area (TPSA) is 71.7 Å². The Labute approximate surface area is 82.3 Å². The van der Waals surface area contributed by atoms with E-state index in [4.69, 9.17) is 5.11 Å². The number of carbonyl (C=O) groups is 1. The molecule has 0 saturated heterocycles. The van der Waals surface area contributed by atoms with E-state index < -0.39 is 5.97 Å². The number of carboxylic acid groups (broad SMARTS) is 1. The molecule has 2 aromatic rings. The van der Waals surface area contributed by atoms with Gasteiger partial charge < -0.3 is 5.11 Å². The van der Waals surface area contributed by atoms with E-state index in [2.05, 4.69) is 4.98 Å². The van der Waals surface area contributed by atoms with Gasteiger partial charge in [-0.15, -0.1) is 11.3 Å². The Kier molecular flexibility index (Phi) is 2.05. The molecule has 0 radical (unpaired) electrons. The monoisotopic (exact) mass is 210 g/mol. The Bertz CT molecular complexity index is 543. The van der Waals surface area contributed by atoms with Crippen LogP contribution < -0.4 is 5.56 Å². The van der Waals surface area contributed by atoms with Crippen LogP contribution in [0.15, 0.2) is 22.4 Å². The summed E-state index contributed by atoms with van der Waals surface area (Å²) in [5.74, 6) is -0.958. The highest BCUT2D eigenvalue weighted by Crippen LogP contribution is 2.11. The van der Waals surface area contributed by atoms with Gasteiger partial charge in [0.25, 0.3) is 5.56 Å². The maximum atomic E-state index is 11.4. The van der Waals surface area contributed by atoms with Gasteiger partial charge in [-0.3, -0.25) is 14.0 Å². The van der Waals surface area contributed by atoms with Gasteiger partial charge in [-0.05, 0) is 0 Å². The lowest BCUT2D eigenvalue weighted by molar-refractivity contribution is -0.136. The van der Waals surface area contributed by atoms with E-state index in [1.165, 1.54) is 28.0 Å². The van der Waals surface area contributed by atoms with Crippen molar-refractivity contribution in [3.63, 3.8) is 0 Å². The van der Waals surface area contributed by atoms with Crippen molar-refractivity contribution in [2.45, 2.75) is 6.42 Å². The molecule has 0 bridgehead atoms. The highest BCUT2D eigenvalue weighted by Gasteiger charge is 2.08. The van der Waals surface area contributed by atoms with Crippen molar-refractivity contribution in [1.82, 2.24) is 9.38 Å². The highest BCUT2D eigenvalue weighted by atomic mass is 32.1. The standard InChI is InChI=1S/C8H6N2O3S/c11-6-1-2-9-8-10(6)5(4-14-8)3-7(12)13/h1-2,4H,3H2,(H,12,13). The van der Waals surface area contributed by atoms with E-state index in [9.17, 15) is 9.59 Å². The summed E-state index contributed by atoms with van der Waals surface area (Å²) >= 11 is 1.26. The largest absolute Gasteiger partial charge is 0.481 e.